The van der Waals surface area contributed by atoms with Crippen molar-refractivity contribution in [3.05, 3.63) is 48.0 Å². The summed E-state index contributed by atoms with van der Waals surface area (Å²) in [7, 11) is 0. The second kappa shape index (κ2) is 8.74. The van der Waals surface area contributed by atoms with Gasteiger partial charge in [0.25, 0.3) is 0 Å². The van der Waals surface area contributed by atoms with Crippen LogP contribution in [0.5, 0.6) is 0 Å². The van der Waals surface area contributed by atoms with Crippen molar-refractivity contribution in [3.8, 4) is 0 Å². The van der Waals surface area contributed by atoms with Gasteiger partial charge in [0.15, 0.2) is 0 Å². The van der Waals surface area contributed by atoms with Gasteiger partial charge < -0.3 is 10.4 Å². The number of hydrogen-bond donors (Lipinski definition) is 2. The molecule has 1 amide bonds. The molecule has 1 rings (SSSR count). The molecule has 3 atom stereocenters. The molecule has 0 aliphatic carbocycles. The zero-order valence-corrected chi connectivity index (χ0v) is 14.2. The summed E-state index contributed by atoms with van der Waals surface area (Å²) in [6.45, 7) is 11.8. The van der Waals surface area contributed by atoms with Gasteiger partial charge in [-0.3, -0.25) is 4.79 Å². The maximum atomic E-state index is 12.5. The van der Waals surface area contributed by atoms with Crippen LogP contribution in [0.1, 0.15) is 52.2 Å². The van der Waals surface area contributed by atoms with E-state index in [1.807, 2.05) is 44.2 Å². The van der Waals surface area contributed by atoms with E-state index in [0.29, 0.717) is 0 Å². The van der Waals surface area contributed by atoms with Gasteiger partial charge in [0, 0.05) is 5.92 Å². The summed E-state index contributed by atoms with van der Waals surface area (Å²) in [6.07, 6.45) is 0.956. The van der Waals surface area contributed by atoms with Crippen molar-refractivity contribution in [3.63, 3.8) is 0 Å². The predicted molar refractivity (Wildman–Crippen MR) is 91.4 cm³/mol. The lowest BCUT2D eigenvalue weighted by atomic mass is 9.88. The minimum absolute atomic E-state index is 0.0127. The smallest absolute Gasteiger partial charge is 0.223 e. The Morgan fingerprint density at radius 2 is 1.82 bits per heavy atom. The molecule has 0 saturated carbocycles. The molecule has 0 aromatic heterocycles. The van der Waals surface area contributed by atoms with Gasteiger partial charge in [-0.1, -0.05) is 49.8 Å². The zero-order valence-electron chi connectivity index (χ0n) is 14.2. The van der Waals surface area contributed by atoms with Gasteiger partial charge >= 0.3 is 0 Å². The van der Waals surface area contributed by atoms with Crippen LogP contribution < -0.4 is 5.32 Å². The molecule has 0 radical (unpaired) electrons. The molecule has 122 valence electrons. The Morgan fingerprint density at radius 1 is 1.23 bits per heavy atom. The van der Waals surface area contributed by atoms with Crippen LogP contribution in [0.3, 0.4) is 0 Å². The molecule has 3 heteroatoms. The van der Waals surface area contributed by atoms with Crippen molar-refractivity contribution in [2.75, 3.05) is 0 Å². The summed E-state index contributed by atoms with van der Waals surface area (Å²) in [5.41, 5.74) is 1.91. The molecule has 1 aromatic rings. The first-order valence-corrected chi connectivity index (χ1v) is 8.00. The van der Waals surface area contributed by atoms with E-state index >= 15 is 0 Å². The third kappa shape index (κ3) is 5.64. The molecule has 1 aromatic carbocycles. The van der Waals surface area contributed by atoms with Crippen molar-refractivity contribution >= 4 is 5.91 Å². The topological polar surface area (TPSA) is 49.3 Å². The first-order chi connectivity index (χ1) is 10.3. The Bertz CT molecular complexity index is 481. The maximum Gasteiger partial charge on any atom is 0.223 e. The van der Waals surface area contributed by atoms with Crippen LogP contribution in [-0.2, 0) is 4.79 Å². The highest BCUT2D eigenvalue weighted by Crippen LogP contribution is 2.22. The summed E-state index contributed by atoms with van der Waals surface area (Å²) < 4.78 is 0. The largest absolute Gasteiger partial charge is 0.386 e. The van der Waals surface area contributed by atoms with Crippen molar-refractivity contribution in [2.24, 2.45) is 11.8 Å². The maximum absolute atomic E-state index is 12.5. The van der Waals surface area contributed by atoms with Crippen molar-refractivity contribution in [1.29, 1.82) is 0 Å². The molecular weight excluding hydrogens is 274 g/mol. The molecule has 22 heavy (non-hydrogen) atoms. The van der Waals surface area contributed by atoms with E-state index in [1.165, 1.54) is 0 Å². The van der Waals surface area contributed by atoms with Gasteiger partial charge in [0.2, 0.25) is 5.91 Å². The highest BCUT2D eigenvalue weighted by Gasteiger charge is 2.25. The van der Waals surface area contributed by atoms with Crippen molar-refractivity contribution in [1.82, 2.24) is 5.32 Å². The van der Waals surface area contributed by atoms with E-state index in [0.717, 1.165) is 24.0 Å². The molecule has 2 N–H and O–H groups in total. The monoisotopic (exact) mass is 303 g/mol. The number of nitrogens with one attached hydrogen (secondary N) is 1. The average Bonchev–Trinajstić information content (AvgIpc) is 2.46. The van der Waals surface area contributed by atoms with Crippen LogP contribution in [0.25, 0.3) is 0 Å². The summed E-state index contributed by atoms with van der Waals surface area (Å²) in [5.74, 6) is 0.223. The van der Waals surface area contributed by atoms with Crippen molar-refractivity contribution < 1.29 is 9.90 Å². The summed E-state index contributed by atoms with van der Waals surface area (Å²) >= 11 is 0. The Balaban J connectivity index is 2.66. The summed E-state index contributed by atoms with van der Waals surface area (Å²) in [5, 5.41) is 13.3. The lowest BCUT2D eigenvalue weighted by Gasteiger charge is -2.26. The molecule has 0 heterocycles. The van der Waals surface area contributed by atoms with E-state index in [1.54, 1.807) is 0 Å². The van der Waals surface area contributed by atoms with Gasteiger partial charge in [0.1, 0.15) is 0 Å². The number of hydrogen-bond acceptors (Lipinski definition) is 2. The molecular formula is C19H29NO2. The van der Waals surface area contributed by atoms with Crippen LogP contribution >= 0.6 is 0 Å². The second-order valence-electron chi connectivity index (χ2n) is 6.50. The van der Waals surface area contributed by atoms with E-state index in [9.17, 15) is 9.90 Å². The molecule has 0 aliphatic heterocycles. The number of benzene rings is 1. The first kappa shape index (κ1) is 18.4. The number of amides is 1. The first-order valence-electron chi connectivity index (χ1n) is 8.00. The predicted octanol–water partition coefficient (Wildman–Crippen LogP) is 3.85. The number of carbonyl (C=O) groups excluding carboxylic acids is 1. The van der Waals surface area contributed by atoms with Crippen LogP contribution in [0.2, 0.25) is 0 Å². The Hall–Kier alpha value is -1.61. The zero-order chi connectivity index (χ0) is 16.7. The number of allylic oxidation sites excluding steroid dienone is 1. The van der Waals surface area contributed by atoms with E-state index < -0.39 is 6.10 Å². The second-order valence-corrected chi connectivity index (χ2v) is 6.50. The fourth-order valence-corrected chi connectivity index (χ4v) is 2.52. The van der Waals surface area contributed by atoms with Crippen LogP contribution in [0.4, 0.5) is 0 Å². The quantitative estimate of drug-likeness (QED) is 0.717. The van der Waals surface area contributed by atoms with Gasteiger partial charge in [0.05, 0.1) is 12.1 Å². The third-order valence-electron chi connectivity index (χ3n) is 4.01. The van der Waals surface area contributed by atoms with E-state index in [2.05, 4.69) is 25.7 Å². The minimum atomic E-state index is -0.695. The van der Waals surface area contributed by atoms with Crippen LogP contribution in [0.15, 0.2) is 42.5 Å². The Morgan fingerprint density at radius 3 is 2.32 bits per heavy atom. The highest BCUT2D eigenvalue weighted by molar-refractivity contribution is 5.79. The number of aliphatic hydroxyl groups excluding tert-OH is 1. The molecule has 0 unspecified atom stereocenters. The molecule has 3 nitrogen and oxygen atoms in total. The normalized spacial score (nSPS) is 15.2. The summed E-state index contributed by atoms with van der Waals surface area (Å²) in [4.78, 5) is 12.5. The fourth-order valence-electron chi connectivity index (χ4n) is 2.52. The SMILES string of the molecule is C=C(C)CC[C@@H](C(=O)N[C@H](C)[C@@H](O)c1ccccc1)C(C)C. The van der Waals surface area contributed by atoms with E-state index in [-0.39, 0.29) is 23.8 Å². The molecule has 0 bridgehead atoms. The van der Waals surface area contributed by atoms with Crippen LogP contribution in [-0.4, -0.2) is 17.1 Å². The van der Waals surface area contributed by atoms with Gasteiger partial charge in [-0.15, -0.1) is 6.58 Å². The highest BCUT2D eigenvalue weighted by atomic mass is 16.3. The summed E-state index contributed by atoms with van der Waals surface area (Å²) in [6, 6.07) is 9.10. The van der Waals surface area contributed by atoms with E-state index in [4.69, 9.17) is 0 Å². The number of rotatable bonds is 8. The minimum Gasteiger partial charge on any atom is -0.386 e. The number of aliphatic hydroxyl groups is 1. The van der Waals surface area contributed by atoms with Crippen molar-refractivity contribution in [2.45, 2.75) is 52.7 Å². The fraction of sp³-hybridized carbons (Fsp3) is 0.526. The molecule has 0 spiro atoms. The molecule has 0 fully saturated rings. The van der Waals surface area contributed by atoms with Gasteiger partial charge in [-0.2, -0.15) is 0 Å². The van der Waals surface area contributed by atoms with Gasteiger partial charge in [-0.05, 0) is 38.2 Å². The lowest BCUT2D eigenvalue weighted by molar-refractivity contribution is -0.128. The third-order valence-corrected chi connectivity index (χ3v) is 4.01. The average molecular weight is 303 g/mol. The standard InChI is InChI=1S/C19H29NO2/c1-13(2)11-12-17(14(3)4)19(22)20-15(5)18(21)16-9-7-6-8-10-16/h6-10,14-15,17-18,21H,1,11-12H2,2-5H3,(H,20,22)/t15-,17-,18-/m1/s1. The Labute approximate surface area is 134 Å². The lowest BCUT2D eigenvalue weighted by Crippen LogP contribution is -2.42. The molecule has 0 aliphatic rings. The van der Waals surface area contributed by atoms with Crippen LogP contribution in [0, 0.1) is 11.8 Å². The number of carbonyl (C=O) groups is 1. The Kier molecular flexibility index (Phi) is 7.33. The van der Waals surface area contributed by atoms with Gasteiger partial charge in [-0.25, -0.2) is 0 Å². The molecule has 0 saturated heterocycles.